The molecule has 0 bridgehead atoms. The van der Waals surface area contributed by atoms with Crippen molar-refractivity contribution in [3.8, 4) is 0 Å². The predicted molar refractivity (Wildman–Crippen MR) is 56.5 cm³/mol. The number of nitrogens with two attached hydrogens (primary N) is 1. The molecule has 1 aliphatic rings. The summed E-state index contributed by atoms with van der Waals surface area (Å²) in [4.78, 5) is 10.5. The molecule has 0 amide bonds. The highest BCUT2D eigenvalue weighted by molar-refractivity contribution is 6.30. The van der Waals surface area contributed by atoms with Gasteiger partial charge in [0, 0.05) is 19.1 Å². The molecule has 0 radical (unpaired) electrons. The zero-order chi connectivity index (χ0) is 9.97. The Bertz CT molecular complexity index is 300. The summed E-state index contributed by atoms with van der Waals surface area (Å²) < 4.78 is 0. The Labute approximate surface area is 88.1 Å². The van der Waals surface area contributed by atoms with Crippen molar-refractivity contribution in [1.29, 1.82) is 0 Å². The topological polar surface area (TPSA) is 55.0 Å². The molecule has 1 aliphatic heterocycles. The van der Waals surface area contributed by atoms with Crippen LogP contribution in [-0.2, 0) is 0 Å². The zero-order valence-electron chi connectivity index (χ0n) is 7.86. The SMILES string of the molecule is NCC1CCCN1c1ncc(Cl)cn1. The van der Waals surface area contributed by atoms with E-state index in [1.165, 1.54) is 0 Å². The first-order valence-corrected chi connectivity index (χ1v) is 5.13. The first-order valence-electron chi connectivity index (χ1n) is 4.75. The molecule has 2 rings (SSSR count). The van der Waals surface area contributed by atoms with Crippen LogP contribution in [0.5, 0.6) is 0 Å². The fraction of sp³-hybridized carbons (Fsp3) is 0.556. The Balaban J connectivity index is 2.17. The summed E-state index contributed by atoms with van der Waals surface area (Å²) in [7, 11) is 0. The Kier molecular flexibility index (Phi) is 2.84. The largest absolute Gasteiger partial charge is 0.337 e. The second kappa shape index (κ2) is 4.11. The van der Waals surface area contributed by atoms with Crippen molar-refractivity contribution in [3.63, 3.8) is 0 Å². The fourth-order valence-corrected chi connectivity index (χ4v) is 1.90. The molecule has 0 aromatic carbocycles. The van der Waals surface area contributed by atoms with Crippen LogP contribution in [0.1, 0.15) is 12.8 Å². The molecule has 5 heteroatoms. The van der Waals surface area contributed by atoms with Gasteiger partial charge in [0.05, 0.1) is 17.4 Å². The minimum absolute atomic E-state index is 0.385. The van der Waals surface area contributed by atoms with E-state index in [1.807, 2.05) is 0 Å². The molecule has 0 saturated carbocycles. The van der Waals surface area contributed by atoms with Gasteiger partial charge in [-0.1, -0.05) is 11.6 Å². The summed E-state index contributed by atoms with van der Waals surface area (Å²) in [6.07, 6.45) is 5.53. The van der Waals surface area contributed by atoms with E-state index in [0.717, 1.165) is 25.3 Å². The summed E-state index contributed by atoms with van der Waals surface area (Å²) >= 11 is 5.72. The van der Waals surface area contributed by atoms with Crippen molar-refractivity contribution in [3.05, 3.63) is 17.4 Å². The van der Waals surface area contributed by atoms with Gasteiger partial charge in [-0.3, -0.25) is 0 Å². The van der Waals surface area contributed by atoms with Gasteiger partial charge < -0.3 is 10.6 Å². The van der Waals surface area contributed by atoms with Crippen LogP contribution in [0.15, 0.2) is 12.4 Å². The maximum absolute atomic E-state index is 5.72. The van der Waals surface area contributed by atoms with Gasteiger partial charge in [0.15, 0.2) is 0 Å². The number of rotatable bonds is 2. The average Bonchev–Trinajstić information content (AvgIpc) is 2.67. The van der Waals surface area contributed by atoms with E-state index in [-0.39, 0.29) is 0 Å². The third-order valence-electron chi connectivity index (χ3n) is 2.51. The van der Waals surface area contributed by atoms with Gasteiger partial charge in [-0.05, 0) is 12.8 Å². The molecule has 1 saturated heterocycles. The molecule has 2 heterocycles. The Hall–Kier alpha value is -0.870. The number of hydrogen-bond donors (Lipinski definition) is 1. The average molecular weight is 213 g/mol. The van der Waals surface area contributed by atoms with E-state index >= 15 is 0 Å². The van der Waals surface area contributed by atoms with Gasteiger partial charge in [0.1, 0.15) is 0 Å². The lowest BCUT2D eigenvalue weighted by molar-refractivity contribution is 0.664. The fourth-order valence-electron chi connectivity index (χ4n) is 1.80. The zero-order valence-corrected chi connectivity index (χ0v) is 8.61. The van der Waals surface area contributed by atoms with Crippen LogP contribution < -0.4 is 10.6 Å². The molecule has 1 aromatic heterocycles. The van der Waals surface area contributed by atoms with Crippen molar-refractivity contribution in [2.45, 2.75) is 18.9 Å². The third-order valence-corrected chi connectivity index (χ3v) is 2.71. The van der Waals surface area contributed by atoms with Gasteiger partial charge >= 0.3 is 0 Å². The van der Waals surface area contributed by atoms with Crippen molar-refractivity contribution in [2.24, 2.45) is 5.73 Å². The van der Waals surface area contributed by atoms with Gasteiger partial charge in [-0.25, -0.2) is 9.97 Å². The second-order valence-electron chi connectivity index (χ2n) is 3.43. The van der Waals surface area contributed by atoms with Crippen LogP contribution in [0.2, 0.25) is 5.02 Å². The molecule has 0 spiro atoms. The van der Waals surface area contributed by atoms with Crippen molar-refractivity contribution >= 4 is 17.5 Å². The van der Waals surface area contributed by atoms with Crippen LogP contribution in [0, 0.1) is 0 Å². The van der Waals surface area contributed by atoms with E-state index in [0.29, 0.717) is 17.6 Å². The number of halogens is 1. The molecular formula is C9H13ClN4. The predicted octanol–water partition coefficient (Wildman–Crippen LogP) is 1.06. The highest BCUT2D eigenvalue weighted by atomic mass is 35.5. The molecule has 1 aromatic rings. The first-order chi connectivity index (χ1) is 6.81. The summed E-state index contributed by atoms with van der Waals surface area (Å²) in [5, 5.41) is 0.567. The van der Waals surface area contributed by atoms with Crippen LogP contribution in [0.25, 0.3) is 0 Å². The van der Waals surface area contributed by atoms with E-state index in [2.05, 4.69) is 14.9 Å². The Morgan fingerprint density at radius 3 is 2.86 bits per heavy atom. The quantitative estimate of drug-likeness (QED) is 0.797. The first kappa shape index (κ1) is 9.68. The summed E-state index contributed by atoms with van der Waals surface area (Å²) in [5.74, 6) is 0.738. The van der Waals surface area contributed by atoms with Crippen molar-refractivity contribution < 1.29 is 0 Å². The minimum atomic E-state index is 0.385. The molecule has 2 N–H and O–H groups in total. The van der Waals surface area contributed by atoms with E-state index in [9.17, 15) is 0 Å². The molecule has 4 nitrogen and oxygen atoms in total. The molecule has 1 unspecified atom stereocenters. The molecule has 1 atom stereocenters. The van der Waals surface area contributed by atoms with Gasteiger partial charge in [-0.15, -0.1) is 0 Å². The van der Waals surface area contributed by atoms with Crippen LogP contribution in [0.4, 0.5) is 5.95 Å². The maximum Gasteiger partial charge on any atom is 0.225 e. The summed E-state index contributed by atoms with van der Waals surface area (Å²) in [6.45, 7) is 1.65. The highest BCUT2D eigenvalue weighted by Crippen LogP contribution is 2.21. The van der Waals surface area contributed by atoms with Crippen LogP contribution in [-0.4, -0.2) is 29.1 Å². The van der Waals surface area contributed by atoms with Crippen molar-refractivity contribution in [2.75, 3.05) is 18.0 Å². The maximum atomic E-state index is 5.72. The normalized spacial score (nSPS) is 21.6. The molecule has 76 valence electrons. The van der Waals surface area contributed by atoms with Crippen LogP contribution in [0.3, 0.4) is 0 Å². The highest BCUT2D eigenvalue weighted by Gasteiger charge is 2.24. The third kappa shape index (κ3) is 1.81. The number of nitrogens with zero attached hydrogens (tertiary/aromatic N) is 3. The van der Waals surface area contributed by atoms with E-state index in [1.54, 1.807) is 12.4 Å². The Morgan fingerprint density at radius 1 is 1.50 bits per heavy atom. The monoisotopic (exact) mass is 212 g/mol. The lowest BCUT2D eigenvalue weighted by Crippen LogP contribution is -2.36. The molecule has 1 fully saturated rings. The molecule has 14 heavy (non-hydrogen) atoms. The van der Waals surface area contributed by atoms with E-state index in [4.69, 9.17) is 17.3 Å². The Morgan fingerprint density at radius 2 is 2.21 bits per heavy atom. The summed E-state index contributed by atoms with van der Waals surface area (Å²) in [6, 6.07) is 0.385. The molecular weight excluding hydrogens is 200 g/mol. The lowest BCUT2D eigenvalue weighted by atomic mass is 10.2. The smallest absolute Gasteiger partial charge is 0.225 e. The number of hydrogen-bond acceptors (Lipinski definition) is 4. The molecule has 0 aliphatic carbocycles. The van der Waals surface area contributed by atoms with E-state index < -0.39 is 0 Å². The minimum Gasteiger partial charge on any atom is -0.337 e. The standard InChI is InChI=1S/C9H13ClN4/c10-7-5-12-9(13-6-7)14-3-1-2-8(14)4-11/h5-6,8H,1-4,11H2. The van der Waals surface area contributed by atoms with Gasteiger partial charge in [-0.2, -0.15) is 0 Å². The number of anilines is 1. The second-order valence-corrected chi connectivity index (χ2v) is 3.86. The lowest BCUT2D eigenvalue weighted by Gasteiger charge is -2.22. The number of aromatic nitrogens is 2. The van der Waals surface area contributed by atoms with Crippen molar-refractivity contribution in [1.82, 2.24) is 9.97 Å². The van der Waals surface area contributed by atoms with Gasteiger partial charge in [0.25, 0.3) is 0 Å². The van der Waals surface area contributed by atoms with Crippen LogP contribution >= 0.6 is 11.6 Å². The summed E-state index contributed by atoms with van der Waals surface area (Å²) in [5.41, 5.74) is 5.67. The van der Waals surface area contributed by atoms with Gasteiger partial charge in [0.2, 0.25) is 5.95 Å².